The fourth-order valence-corrected chi connectivity index (χ4v) is 3.61. The molecule has 8 nitrogen and oxygen atoms in total. The van der Waals surface area contributed by atoms with Crippen molar-refractivity contribution in [1.29, 1.82) is 0 Å². The Balaban J connectivity index is 2.00. The van der Waals surface area contributed by atoms with Gasteiger partial charge < -0.3 is 14.7 Å². The van der Waals surface area contributed by atoms with Gasteiger partial charge >= 0.3 is 5.97 Å². The van der Waals surface area contributed by atoms with Crippen LogP contribution in [0.3, 0.4) is 0 Å². The van der Waals surface area contributed by atoms with Gasteiger partial charge in [0.05, 0.1) is 16.8 Å². The van der Waals surface area contributed by atoms with Crippen LogP contribution >= 0.6 is 0 Å². The minimum Gasteiger partial charge on any atom is -0.481 e. The number of nitrogens with zero attached hydrogens (tertiary/aromatic N) is 3. The van der Waals surface area contributed by atoms with Gasteiger partial charge in [-0.15, -0.1) is 0 Å². The molecule has 2 fully saturated rings. The Kier molecular flexibility index (Phi) is 5.13. The highest BCUT2D eigenvalue weighted by atomic mass is 16.6. The summed E-state index contributed by atoms with van der Waals surface area (Å²) in [5.74, 6) is -0.638. The van der Waals surface area contributed by atoms with E-state index < -0.39 is 16.3 Å². The van der Waals surface area contributed by atoms with Crippen LogP contribution in [0.1, 0.15) is 45.2 Å². The van der Waals surface area contributed by atoms with Crippen LogP contribution in [0.2, 0.25) is 0 Å². The maximum Gasteiger partial charge on any atom is 0.315 e. The Morgan fingerprint density at radius 1 is 1.46 bits per heavy atom. The van der Waals surface area contributed by atoms with E-state index in [1.807, 2.05) is 0 Å². The molecule has 1 aliphatic carbocycles. The lowest BCUT2D eigenvalue weighted by atomic mass is 10.00. The van der Waals surface area contributed by atoms with E-state index in [1.165, 1.54) is 12.3 Å². The van der Waals surface area contributed by atoms with Gasteiger partial charge in [0.25, 0.3) is 5.69 Å². The second kappa shape index (κ2) is 7.19. The smallest absolute Gasteiger partial charge is 0.315 e. The zero-order valence-corrected chi connectivity index (χ0v) is 15.2. The van der Waals surface area contributed by atoms with E-state index in [9.17, 15) is 20.0 Å². The molecule has 0 unspecified atom stereocenters. The first kappa shape index (κ1) is 18.6. The number of anilines is 1. The molecule has 1 aromatic rings. The molecule has 0 bridgehead atoms. The topological polar surface area (TPSA) is 106 Å². The van der Waals surface area contributed by atoms with Gasteiger partial charge in [0.15, 0.2) is 0 Å². The number of aromatic nitrogens is 1. The van der Waals surface area contributed by atoms with Gasteiger partial charge in [-0.1, -0.05) is 13.8 Å². The van der Waals surface area contributed by atoms with Crippen molar-refractivity contribution in [2.24, 2.45) is 5.92 Å². The Morgan fingerprint density at radius 2 is 2.12 bits per heavy atom. The van der Waals surface area contributed by atoms with E-state index in [1.54, 1.807) is 0 Å². The number of rotatable bonds is 7. The first-order valence-corrected chi connectivity index (χ1v) is 9.08. The molecule has 26 heavy (non-hydrogen) atoms. The SMILES string of the molecule is CC(C)CN(c1cnc(C2(C(=O)O)CC2)cc1[N+](=O)[O-])C1CCOCC1. The summed E-state index contributed by atoms with van der Waals surface area (Å²) in [6.45, 7) is 6.10. The minimum absolute atomic E-state index is 0.0605. The van der Waals surface area contributed by atoms with E-state index in [-0.39, 0.29) is 17.4 Å². The normalized spacial score (nSPS) is 19.3. The van der Waals surface area contributed by atoms with Crippen molar-refractivity contribution in [3.8, 4) is 0 Å². The Bertz CT molecular complexity index is 696. The molecule has 0 radical (unpaired) electrons. The average Bonchev–Trinajstić information content (AvgIpc) is 3.42. The minimum atomic E-state index is -1.05. The van der Waals surface area contributed by atoms with Gasteiger partial charge in [-0.05, 0) is 31.6 Å². The number of ether oxygens (including phenoxy) is 1. The van der Waals surface area contributed by atoms with Crippen LogP contribution < -0.4 is 4.90 Å². The van der Waals surface area contributed by atoms with Crippen LogP contribution in [-0.2, 0) is 14.9 Å². The third-order valence-corrected chi connectivity index (χ3v) is 5.21. The van der Waals surface area contributed by atoms with E-state index in [4.69, 9.17) is 4.74 Å². The Labute approximate surface area is 152 Å². The van der Waals surface area contributed by atoms with Crippen molar-refractivity contribution in [1.82, 2.24) is 4.98 Å². The molecule has 3 rings (SSSR count). The number of carbonyl (C=O) groups is 1. The number of nitro groups is 1. The van der Waals surface area contributed by atoms with Crippen LogP contribution in [0.15, 0.2) is 12.3 Å². The van der Waals surface area contributed by atoms with Crippen LogP contribution in [0.5, 0.6) is 0 Å². The number of hydrogen-bond acceptors (Lipinski definition) is 6. The molecule has 1 N–H and O–H groups in total. The largest absolute Gasteiger partial charge is 0.481 e. The molecule has 0 aromatic carbocycles. The molecule has 142 valence electrons. The highest BCUT2D eigenvalue weighted by Gasteiger charge is 2.53. The monoisotopic (exact) mass is 363 g/mol. The average molecular weight is 363 g/mol. The van der Waals surface area contributed by atoms with Crippen LogP contribution in [0.25, 0.3) is 0 Å². The van der Waals surface area contributed by atoms with Crippen molar-refractivity contribution in [3.05, 3.63) is 28.1 Å². The van der Waals surface area contributed by atoms with Gasteiger partial charge in [-0.2, -0.15) is 0 Å². The van der Waals surface area contributed by atoms with Crippen LogP contribution in [0.4, 0.5) is 11.4 Å². The molecule has 2 heterocycles. The summed E-state index contributed by atoms with van der Waals surface area (Å²) in [5, 5.41) is 21.2. The highest BCUT2D eigenvalue weighted by Crippen LogP contribution is 2.49. The summed E-state index contributed by atoms with van der Waals surface area (Å²) >= 11 is 0. The quantitative estimate of drug-likeness (QED) is 0.586. The van der Waals surface area contributed by atoms with E-state index in [2.05, 4.69) is 23.7 Å². The Hall–Kier alpha value is -2.22. The Morgan fingerprint density at radius 3 is 2.62 bits per heavy atom. The summed E-state index contributed by atoms with van der Waals surface area (Å²) in [5.41, 5.74) is -0.350. The molecule has 1 aliphatic heterocycles. The van der Waals surface area contributed by atoms with E-state index in [0.717, 1.165) is 12.8 Å². The molecule has 1 aromatic heterocycles. The number of hydrogen-bond donors (Lipinski definition) is 1. The molecule has 0 atom stereocenters. The predicted octanol–water partition coefficient (Wildman–Crippen LogP) is 2.75. The van der Waals surface area contributed by atoms with Gasteiger partial charge in [0, 0.05) is 31.9 Å². The second-order valence-corrected chi connectivity index (χ2v) is 7.59. The fourth-order valence-electron chi connectivity index (χ4n) is 3.61. The summed E-state index contributed by atoms with van der Waals surface area (Å²) in [4.78, 5) is 29.3. The van der Waals surface area contributed by atoms with E-state index in [0.29, 0.717) is 44.2 Å². The first-order chi connectivity index (χ1) is 12.3. The van der Waals surface area contributed by atoms with Gasteiger partial charge in [0.2, 0.25) is 0 Å². The number of aliphatic carboxylic acids is 1. The van der Waals surface area contributed by atoms with Gasteiger partial charge in [0.1, 0.15) is 11.1 Å². The summed E-state index contributed by atoms with van der Waals surface area (Å²) in [7, 11) is 0. The van der Waals surface area contributed by atoms with Crippen molar-refractivity contribution < 1.29 is 19.6 Å². The van der Waals surface area contributed by atoms with Crippen LogP contribution in [0, 0.1) is 16.0 Å². The zero-order valence-electron chi connectivity index (χ0n) is 15.2. The second-order valence-electron chi connectivity index (χ2n) is 7.59. The summed E-state index contributed by atoms with van der Waals surface area (Å²) in [6.07, 6.45) is 4.06. The molecule has 0 amide bonds. The number of carboxylic acid groups (broad SMARTS) is 1. The molecular weight excluding hydrogens is 338 g/mol. The third kappa shape index (κ3) is 3.51. The van der Waals surface area contributed by atoms with Crippen molar-refractivity contribution in [2.75, 3.05) is 24.7 Å². The molecule has 1 saturated heterocycles. The molecule has 2 aliphatic rings. The van der Waals surface area contributed by atoms with E-state index >= 15 is 0 Å². The standard InChI is InChI=1S/C18H25N3O5/c1-12(2)11-20(13-3-7-26-8-4-13)15-10-19-16(9-14(15)21(24)25)18(5-6-18)17(22)23/h9-10,12-13H,3-8,11H2,1-2H3,(H,22,23). The zero-order chi connectivity index (χ0) is 18.9. The third-order valence-electron chi connectivity index (χ3n) is 5.21. The van der Waals surface area contributed by atoms with Crippen molar-refractivity contribution >= 4 is 17.3 Å². The van der Waals surface area contributed by atoms with Crippen molar-refractivity contribution in [2.45, 2.75) is 51.0 Å². The first-order valence-electron chi connectivity index (χ1n) is 9.08. The molecule has 0 spiro atoms. The predicted molar refractivity (Wildman–Crippen MR) is 95.5 cm³/mol. The highest BCUT2D eigenvalue weighted by molar-refractivity contribution is 5.85. The maximum atomic E-state index is 11.7. The van der Waals surface area contributed by atoms with Crippen LogP contribution in [-0.4, -0.2) is 46.8 Å². The van der Waals surface area contributed by atoms with Gasteiger partial charge in [-0.3, -0.25) is 19.9 Å². The molecule has 1 saturated carbocycles. The molecule has 8 heteroatoms. The molecular formula is C18H25N3O5. The van der Waals surface area contributed by atoms with Crippen molar-refractivity contribution in [3.63, 3.8) is 0 Å². The number of carboxylic acids is 1. The lowest BCUT2D eigenvalue weighted by molar-refractivity contribution is -0.384. The van der Waals surface area contributed by atoms with Gasteiger partial charge in [-0.25, -0.2) is 0 Å². The lowest BCUT2D eigenvalue weighted by Gasteiger charge is -2.36. The summed E-state index contributed by atoms with van der Waals surface area (Å²) < 4.78 is 5.43. The summed E-state index contributed by atoms with van der Waals surface area (Å²) in [6, 6.07) is 1.52. The maximum absolute atomic E-state index is 11.7. The lowest BCUT2D eigenvalue weighted by Crippen LogP contribution is -2.42. The number of pyridine rings is 1. The fraction of sp³-hybridized carbons (Fsp3) is 0.667.